The zero-order valence-electron chi connectivity index (χ0n) is 13.9. The molecule has 0 spiro atoms. The van der Waals surface area contributed by atoms with E-state index in [2.05, 4.69) is 12.2 Å². The number of hydrogen-bond donors (Lipinski definition) is 1. The summed E-state index contributed by atoms with van der Waals surface area (Å²) in [5.74, 6) is 0.378. The van der Waals surface area contributed by atoms with Crippen LogP contribution in [0.2, 0.25) is 0 Å². The number of carbonyl (C=O) groups is 1. The summed E-state index contributed by atoms with van der Waals surface area (Å²) in [5.41, 5.74) is 0.628. The number of ether oxygens (including phenoxy) is 1. The van der Waals surface area contributed by atoms with Crippen LogP contribution in [0.3, 0.4) is 0 Å². The normalized spacial score (nSPS) is 11.2. The molecule has 1 amide bonds. The van der Waals surface area contributed by atoms with E-state index in [-0.39, 0.29) is 5.69 Å². The standard InChI is InChI=1S/C19H20F3NO2/c1-2-3-4-5-14-6-12-17(13-7-14)25-18(24)23-16-10-8-15(9-11-16)19(20,21)22/h6-13H,2-5H2,1H3,(H,23,24). The minimum atomic E-state index is -4.40. The summed E-state index contributed by atoms with van der Waals surface area (Å²) < 4.78 is 42.6. The average Bonchev–Trinajstić information content (AvgIpc) is 2.56. The van der Waals surface area contributed by atoms with Crippen molar-refractivity contribution in [2.45, 2.75) is 38.8 Å². The minimum absolute atomic E-state index is 0.231. The molecule has 2 aromatic rings. The molecule has 0 unspecified atom stereocenters. The van der Waals surface area contributed by atoms with E-state index in [0.29, 0.717) is 5.75 Å². The number of aryl methyl sites for hydroxylation is 1. The molecule has 6 heteroatoms. The van der Waals surface area contributed by atoms with E-state index in [1.165, 1.54) is 24.1 Å². The van der Waals surface area contributed by atoms with Gasteiger partial charge in [0.2, 0.25) is 0 Å². The highest BCUT2D eigenvalue weighted by Gasteiger charge is 2.29. The first kappa shape index (κ1) is 18.8. The van der Waals surface area contributed by atoms with Gasteiger partial charge in [-0.05, 0) is 54.8 Å². The maximum Gasteiger partial charge on any atom is 0.417 e. The number of rotatable bonds is 6. The lowest BCUT2D eigenvalue weighted by molar-refractivity contribution is -0.137. The molecule has 0 bridgehead atoms. The molecule has 2 aromatic carbocycles. The fourth-order valence-electron chi connectivity index (χ4n) is 2.30. The van der Waals surface area contributed by atoms with E-state index in [4.69, 9.17) is 4.74 Å². The predicted molar refractivity (Wildman–Crippen MR) is 90.8 cm³/mol. The first-order valence-corrected chi connectivity index (χ1v) is 8.13. The summed E-state index contributed by atoms with van der Waals surface area (Å²) in [6, 6.07) is 11.4. The predicted octanol–water partition coefficient (Wildman–Crippen LogP) is 6.05. The number of halogens is 3. The molecule has 134 valence electrons. The smallest absolute Gasteiger partial charge is 0.410 e. The van der Waals surface area contributed by atoms with Crippen LogP contribution >= 0.6 is 0 Å². The Morgan fingerprint density at radius 1 is 1.00 bits per heavy atom. The van der Waals surface area contributed by atoms with Gasteiger partial charge in [-0.1, -0.05) is 31.9 Å². The third kappa shape index (κ3) is 6.14. The van der Waals surface area contributed by atoms with Gasteiger partial charge in [0, 0.05) is 5.69 Å². The Bertz CT molecular complexity index is 679. The molecule has 2 rings (SSSR count). The van der Waals surface area contributed by atoms with Gasteiger partial charge in [0.05, 0.1) is 5.56 Å². The molecule has 0 heterocycles. The Kier molecular flexibility index (Phi) is 6.44. The summed E-state index contributed by atoms with van der Waals surface area (Å²) >= 11 is 0. The summed E-state index contributed by atoms with van der Waals surface area (Å²) in [4.78, 5) is 11.8. The minimum Gasteiger partial charge on any atom is -0.410 e. The Morgan fingerprint density at radius 3 is 2.20 bits per heavy atom. The van der Waals surface area contributed by atoms with Crippen molar-refractivity contribution in [3.63, 3.8) is 0 Å². The fraction of sp³-hybridized carbons (Fsp3) is 0.316. The Hall–Kier alpha value is -2.50. The maximum absolute atomic E-state index is 12.5. The van der Waals surface area contributed by atoms with Crippen molar-refractivity contribution in [3.05, 3.63) is 59.7 Å². The number of benzene rings is 2. The SMILES string of the molecule is CCCCCc1ccc(OC(=O)Nc2ccc(C(F)(F)F)cc2)cc1. The van der Waals surface area contributed by atoms with Gasteiger partial charge in [0.15, 0.2) is 0 Å². The van der Waals surface area contributed by atoms with Gasteiger partial charge >= 0.3 is 12.3 Å². The van der Waals surface area contributed by atoms with E-state index in [1.54, 1.807) is 12.1 Å². The molecule has 0 saturated carbocycles. The van der Waals surface area contributed by atoms with Crippen LogP contribution in [0, 0.1) is 0 Å². The van der Waals surface area contributed by atoms with Gasteiger partial charge in [0.25, 0.3) is 0 Å². The Balaban J connectivity index is 1.87. The zero-order chi connectivity index (χ0) is 18.3. The van der Waals surface area contributed by atoms with Gasteiger partial charge in [-0.15, -0.1) is 0 Å². The van der Waals surface area contributed by atoms with Gasteiger partial charge in [0.1, 0.15) is 5.75 Å². The summed E-state index contributed by atoms with van der Waals surface area (Å²) in [5, 5.41) is 2.40. The van der Waals surface area contributed by atoms with E-state index in [1.807, 2.05) is 12.1 Å². The van der Waals surface area contributed by atoms with Crippen molar-refractivity contribution in [2.24, 2.45) is 0 Å². The largest absolute Gasteiger partial charge is 0.417 e. The van der Waals surface area contributed by atoms with Crippen LogP contribution in [0.4, 0.5) is 23.7 Å². The van der Waals surface area contributed by atoms with Crippen molar-refractivity contribution < 1.29 is 22.7 Å². The Labute approximate surface area is 144 Å². The first-order chi connectivity index (χ1) is 11.9. The molecule has 0 aromatic heterocycles. The van der Waals surface area contributed by atoms with Crippen LogP contribution in [0.25, 0.3) is 0 Å². The van der Waals surface area contributed by atoms with Crippen molar-refractivity contribution >= 4 is 11.8 Å². The lowest BCUT2D eigenvalue weighted by Crippen LogP contribution is -2.16. The highest BCUT2D eigenvalue weighted by atomic mass is 19.4. The number of amides is 1. The van der Waals surface area contributed by atoms with Gasteiger partial charge in [-0.2, -0.15) is 13.2 Å². The van der Waals surface area contributed by atoms with Gasteiger partial charge < -0.3 is 4.74 Å². The molecule has 25 heavy (non-hydrogen) atoms. The van der Waals surface area contributed by atoms with E-state index >= 15 is 0 Å². The lowest BCUT2D eigenvalue weighted by Gasteiger charge is -2.09. The maximum atomic E-state index is 12.5. The molecule has 1 N–H and O–H groups in total. The number of alkyl halides is 3. The average molecular weight is 351 g/mol. The van der Waals surface area contributed by atoms with E-state index in [9.17, 15) is 18.0 Å². The summed E-state index contributed by atoms with van der Waals surface area (Å²) in [7, 11) is 0. The number of unbranched alkanes of at least 4 members (excludes halogenated alkanes) is 2. The van der Waals surface area contributed by atoms with Crippen LogP contribution in [-0.2, 0) is 12.6 Å². The number of anilines is 1. The van der Waals surface area contributed by atoms with Gasteiger partial charge in [-0.3, -0.25) is 5.32 Å². The molecule has 0 saturated heterocycles. The molecule has 3 nitrogen and oxygen atoms in total. The van der Waals surface area contributed by atoms with Crippen molar-refractivity contribution in [2.75, 3.05) is 5.32 Å². The molecular formula is C19H20F3NO2. The highest BCUT2D eigenvalue weighted by molar-refractivity contribution is 5.86. The van der Waals surface area contributed by atoms with Crippen molar-refractivity contribution in [1.29, 1.82) is 0 Å². The number of carbonyl (C=O) groups excluding carboxylic acids is 1. The first-order valence-electron chi connectivity index (χ1n) is 8.13. The van der Waals surface area contributed by atoms with Crippen molar-refractivity contribution in [3.8, 4) is 5.75 Å². The molecular weight excluding hydrogens is 331 g/mol. The van der Waals surface area contributed by atoms with Crippen LogP contribution in [0.1, 0.15) is 37.3 Å². The molecule has 0 radical (unpaired) electrons. The van der Waals surface area contributed by atoms with Gasteiger partial charge in [-0.25, -0.2) is 4.79 Å². The summed E-state index contributed by atoms with van der Waals surface area (Å²) in [6.07, 6.45) is -0.730. The molecule has 0 aliphatic rings. The monoisotopic (exact) mass is 351 g/mol. The fourth-order valence-corrected chi connectivity index (χ4v) is 2.30. The zero-order valence-corrected chi connectivity index (χ0v) is 13.9. The van der Waals surface area contributed by atoms with Crippen LogP contribution < -0.4 is 10.1 Å². The second kappa shape index (κ2) is 8.55. The highest BCUT2D eigenvalue weighted by Crippen LogP contribution is 2.29. The summed E-state index contributed by atoms with van der Waals surface area (Å²) in [6.45, 7) is 2.15. The molecule has 0 aliphatic carbocycles. The molecule has 0 fully saturated rings. The van der Waals surface area contributed by atoms with Crippen LogP contribution in [0.15, 0.2) is 48.5 Å². The number of nitrogens with one attached hydrogen (secondary N) is 1. The quantitative estimate of drug-likeness (QED) is 0.644. The molecule has 0 aliphatic heterocycles. The topological polar surface area (TPSA) is 38.3 Å². The van der Waals surface area contributed by atoms with E-state index in [0.717, 1.165) is 31.4 Å². The third-order valence-electron chi connectivity index (χ3n) is 3.66. The third-order valence-corrected chi connectivity index (χ3v) is 3.66. The second-order valence-electron chi connectivity index (χ2n) is 5.69. The second-order valence-corrected chi connectivity index (χ2v) is 5.69. The molecule has 0 atom stereocenters. The lowest BCUT2D eigenvalue weighted by atomic mass is 10.1. The number of hydrogen-bond acceptors (Lipinski definition) is 2. The van der Waals surface area contributed by atoms with Crippen molar-refractivity contribution in [1.82, 2.24) is 0 Å². The van der Waals surface area contributed by atoms with Crippen LogP contribution in [-0.4, -0.2) is 6.09 Å². The van der Waals surface area contributed by atoms with E-state index < -0.39 is 17.8 Å². The van der Waals surface area contributed by atoms with Crippen LogP contribution in [0.5, 0.6) is 5.75 Å². The Morgan fingerprint density at radius 2 is 1.64 bits per heavy atom.